The van der Waals surface area contributed by atoms with E-state index in [1.807, 2.05) is 55.5 Å². The number of rotatable bonds is 5. The van der Waals surface area contributed by atoms with Gasteiger partial charge in [-0.25, -0.2) is 0 Å². The van der Waals surface area contributed by atoms with E-state index in [2.05, 4.69) is 5.32 Å². The smallest absolute Gasteiger partial charge is 0.233 e. The Balaban J connectivity index is 1.91. The highest BCUT2D eigenvalue weighted by Crippen LogP contribution is 2.30. The minimum Gasteiger partial charge on any atom is -0.351 e. The molecule has 1 amide bonds. The molecule has 2 aromatic rings. The van der Waals surface area contributed by atoms with Crippen LogP contribution in [0.3, 0.4) is 0 Å². The molecule has 5 heteroatoms. The van der Waals surface area contributed by atoms with Crippen LogP contribution in [0.1, 0.15) is 12.5 Å². The van der Waals surface area contributed by atoms with Crippen LogP contribution >= 0.6 is 35.0 Å². The fourth-order valence-corrected chi connectivity index (χ4v) is 3.13. The number of thioether (sulfide) groups is 1. The van der Waals surface area contributed by atoms with Gasteiger partial charge in [-0.15, -0.1) is 11.8 Å². The van der Waals surface area contributed by atoms with Gasteiger partial charge in [-0.2, -0.15) is 0 Å². The number of carbonyl (C=O) groups excluding carboxylic acids is 1. The normalized spacial score (nSPS) is 12.0. The van der Waals surface area contributed by atoms with Gasteiger partial charge in [0.2, 0.25) is 5.91 Å². The zero-order valence-corrected chi connectivity index (χ0v) is 13.8. The lowest BCUT2D eigenvalue weighted by Crippen LogP contribution is -2.30. The predicted molar refractivity (Wildman–Crippen MR) is 90.1 cm³/mol. The minimum absolute atomic E-state index is 0.0418. The molecule has 0 aliphatic rings. The molecule has 21 heavy (non-hydrogen) atoms. The third-order valence-corrected chi connectivity index (χ3v) is 4.91. The number of amides is 1. The molecule has 110 valence electrons. The van der Waals surface area contributed by atoms with Gasteiger partial charge in [0, 0.05) is 16.5 Å². The maximum atomic E-state index is 12.1. The fourth-order valence-electron chi connectivity index (χ4n) is 1.75. The number of carbonyl (C=O) groups is 1. The highest BCUT2D eigenvalue weighted by Gasteiger charge is 2.15. The number of hydrogen-bond donors (Lipinski definition) is 1. The number of hydrogen-bond acceptors (Lipinski definition) is 2. The second kappa shape index (κ2) is 7.74. The number of benzene rings is 2. The molecule has 2 rings (SSSR count). The zero-order chi connectivity index (χ0) is 15.2. The van der Waals surface area contributed by atoms with Crippen molar-refractivity contribution in [2.24, 2.45) is 0 Å². The summed E-state index contributed by atoms with van der Waals surface area (Å²) in [5.41, 5.74) is 0.905. The van der Waals surface area contributed by atoms with Crippen molar-refractivity contribution in [2.45, 2.75) is 23.6 Å². The molecule has 2 nitrogen and oxygen atoms in total. The van der Waals surface area contributed by atoms with Gasteiger partial charge in [-0.3, -0.25) is 4.79 Å². The molecule has 0 saturated heterocycles. The largest absolute Gasteiger partial charge is 0.351 e. The van der Waals surface area contributed by atoms with Crippen molar-refractivity contribution in [3.05, 3.63) is 64.1 Å². The second-order valence-corrected chi connectivity index (χ2v) is 6.70. The van der Waals surface area contributed by atoms with Gasteiger partial charge in [-0.05, 0) is 30.7 Å². The summed E-state index contributed by atoms with van der Waals surface area (Å²) in [5.74, 6) is -0.0418. The number of halogens is 2. The van der Waals surface area contributed by atoms with Gasteiger partial charge in [0.15, 0.2) is 0 Å². The van der Waals surface area contributed by atoms with Crippen LogP contribution in [0.25, 0.3) is 0 Å². The Morgan fingerprint density at radius 2 is 1.71 bits per heavy atom. The van der Waals surface area contributed by atoms with Crippen LogP contribution in [0, 0.1) is 0 Å². The highest BCUT2D eigenvalue weighted by atomic mass is 35.5. The Morgan fingerprint density at radius 1 is 1.10 bits per heavy atom. The molecule has 0 aliphatic heterocycles. The van der Waals surface area contributed by atoms with Gasteiger partial charge in [0.1, 0.15) is 0 Å². The summed E-state index contributed by atoms with van der Waals surface area (Å²) in [6.45, 7) is 2.28. The van der Waals surface area contributed by atoms with Gasteiger partial charge in [0.05, 0.1) is 10.3 Å². The van der Waals surface area contributed by atoms with Crippen molar-refractivity contribution in [2.75, 3.05) is 0 Å². The third-order valence-electron chi connectivity index (χ3n) is 2.92. The molecule has 0 unspecified atom stereocenters. The Bertz CT molecular complexity index is 633. The molecule has 0 bridgehead atoms. The van der Waals surface area contributed by atoms with Crippen LogP contribution in [0.5, 0.6) is 0 Å². The summed E-state index contributed by atoms with van der Waals surface area (Å²) in [5, 5.41) is 3.98. The Morgan fingerprint density at radius 3 is 2.38 bits per heavy atom. The summed E-state index contributed by atoms with van der Waals surface area (Å²) >= 11 is 13.6. The van der Waals surface area contributed by atoms with Crippen molar-refractivity contribution in [1.82, 2.24) is 5.32 Å². The first kappa shape index (κ1) is 16.2. The molecule has 0 heterocycles. The summed E-state index contributed by atoms with van der Waals surface area (Å²) in [6, 6.07) is 15.0. The van der Waals surface area contributed by atoms with Crippen LogP contribution in [-0.4, -0.2) is 11.2 Å². The molecule has 0 radical (unpaired) electrons. The van der Waals surface area contributed by atoms with E-state index < -0.39 is 0 Å². The molecule has 0 saturated carbocycles. The third kappa shape index (κ3) is 4.67. The van der Waals surface area contributed by atoms with E-state index >= 15 is 0 Å². The lowest BCUT2D eigenvalue weighted by Gasteiger charge is -2.13. The highest BCUT2D eigenvalue weighted by molar-refractivity contribution is 8.00. The predicted octanol–water partition coefficient (Wildman–Crippen LogP) is 4.79. The molecule has 0 aliphatic carbocycles. The summed E-state index contributed by atoms with van der Waals surface area (Å²) in [7, 11) is 0. The molecule has 2 aromatic carbocycles. The van der Waals surface area contributed by atoms with E-state index in [-0.39, 0.29) is 11.2 Å². The van der Waals surface area contributed by atoms with E-state index in [1.165, 1.54) is 11.8 Å². The minimum atomic E-state index is -0.229. The van der Waals surface area contributed by atoms with Crippen LogP contribution in [0.2, 0.25) is 10.0 Å². The first-order valence-electron chi connectivity index (χ1n) is 6.50. The van der Waals surface area contributed by atoms with Crippen molar-refractivity contribution in [3.8, 4) is 0 Å². The second-order valence-electron chi connectivity index (χ2n) is 4.50. The Labute approximate surface area is 138 Å². The lowest BCUT2D eigenvalue weighted by molar-refractivity contribution is -0.120. The van der Waals surface area contributed by atoms with E-state index in [4.69, 9.17) is 23.2 Å². The van der Waals surface area contributed by atoms with Crippen molar-refractivity contribution in [3.63, 3.8) is 0 Å². The maximum Gasteiger partial charge on any atom is 0.233 e. The summed E-state index contributed by atoms with van der Waals surface area (Å²) < 4.78 is 0. The van der Waals surface area contributed by atoms with Crippen LogP contribution in [0.4, 0.5) is 0 Å². The van der Waals surface area contributed by atoms with Crippen LogP contribution < -0.4 is 5.32 Å². The van der Waals surface area contributed by atoms with E-state index in [9.17, 15) is 4.79 Å². The molecule has 1 N–H and O–H groups in total. The standard InChI is InChI=1S/C16H15Cl2NOS/c1-11(21-15-9-5-4-8-14(15)18)16(20)19-10-12-6-2-3-7-13(12)17/h2-9,11H,10H2,1H3,(H,19,20)/t11-/m1/s1. The van der Waals surface area contributed by atoms with Crippen molar-refractivity contribution in [1.29, 1.82) is 0 Å². The van der Waals surface area contributed by atoms with Gasteiger partial charge in [-0.1, -0.05) is 53.5 Å². The van der Waals surface area contributed by atoms with Crippen LogP contribution in [0.15, 0.2) is 53.4 Å². The average Bonchev–Trinajstić information content (AvgIpc) is 2.48. The fraction of sp³-hybridized carbons (Fsp3) is 0.188. The average molecular weight is 340 g/mol. The SMILES string of the molecule is C[C@@H](Sc1ccccc1Cl)C(=O)NCc1ccccc1Cl. The van der Waals surface area contributed by atoms with Crippen molar-refractivity contribution >= 4 is 40.9 Å². The van der Waals surface area contributed by atoms with Gasteiger partial charge >= 0.3 is 0 Å². The molecular formula is C16H15Cl2NOS. The summed E-state index contributed by atoms with van der Waals surface area (Å²) in [4.78, 5) is 13.0. The maximum absolute atomic E-state index is 12.1. The molecular weight excluding hydrogens is 325 g/mol. The Kier molecular flexibility index (Phi) is 5.97. The van der Waals surface area contributed by atoms with Crippen LogP contribution in [-0.2, 0) is 11.3 Å². The zero-order valence-electron chi connectivity index (χ0n) is 11.5. The van der Waals surface area contributed by atoms with Crippen molar-refractivity contribution < 1.29 is 4.79 Å². The van der Waals surface area contributed by atoms with Gasteiger partial charge in [0.25, 0.3) is 0 Å². The Hall–Kier alpha value is -1.16. The molecule has 1 atom stereocenters. The quantitative estimate of drug-likeness (QED) is 0.793. The molecule has 0 fully saturated rings. The summed E-state index contributed by atoms with van der Waals surface area (Å²) in [6.07, 6.45) is 0. The first-order chi connectivity index (χ1) is 10.1. The van der Waals surface area contributed by atoms with Gasteiger partial charge < -0.3 is 5.32 Å². The topological polar surface area (TPSA) is 29.1 Å². The van der Waals surface area contributed by atoms with E-state index in [0.717, 1.165) is 10.5 Å². The van der Waals surface area contributed by atoms with E-state index in [0.29, 0.717) is 16.6 Å². The van der Waals surface area contributed by atoms with E-state index in [1.54, 1.807) is 0 Å². The molecule has 0 aromatic heterocycles. The monoisotopic (exact) mass is 339 g/mol. The number of nitrogens with one attached hydrogen (secondary N) is 1. The lowest BCUT2D eigenvalue weighted by atomic mass is 10.2. The molecule has 0 spiro atoms. The first-order valence-corrected chi connectivity index (χ1v) is 8.14.